The van der Waals surface area contributed by atoms with Crippen molar-refractivity contribution in [1.82, 2.24) is 30.0 Å². The molecule has 0 radical (unpaired) electrons. The summed E-state index contributed by atoms with van der Waals surface area (Å²) in [5, 5.41) is 13.8. The summed E-state index contributed by atoms with van der Waals surface area (Å²) < 4.78 is 39.8. The van der Waals surface area contributed by atoms with Crippen LogP contribution in [-0.2, 0) is 11.0 Å². The standard InChI is InChI=1S/C16H20F3N7O/c1-10(14(27)20-11-2-3-11)24-6-8-25(9-7-24)13-5-4-12-21-22-15(16(17,18)19)26(12)23-13/h4-5,10-11H,2-3,6-9H2,1H3,(H,20,27)/t10-/m0/s1. The highest BCUT2D eigenvalue weighted by molar-refractivity contribution is 5.81. The van der Waals surface area contributed by atoms with E-state index in [1.165, 1.54) is 6.07 Å². The van der Waals surface area contributed by atoms with Gasteiger partial charge in [-0.15, -0.1) is 15.3 Å². The van der Waals surface area contributed by atoms with Crippen LogP contribution in [0.15, 0.2) is 12.1 Å². The molecule has 146 valence electrons. The molecule has 1 aliphatic heterocycles. The third-order valence-electron chi connectivity index (χ3n) is 4.99. The Morgan fingerprint density at radius 3 is 2.52 bits per heavy atom. The van der Waals surface area contributed by atoms with Gasteiger partial charge in [0.25, 0.3) is 5.82 Å². The van der Waals surface area contributed by atoms with Gasteiger partial charge in [0.2, 0.25) is 5.91 Å². The highest BCUT2D eigenvalue weighted by Crippen LogP contribution is 2.28. The number of aromatic nitrogens is 4. The maximum Gasteiger partial charge on any atom is 0.453 e. The zero-order valence-corrected chi connectivity index (χ0v) is 14.8. The van der Waals surface area contributed by atoms with Crippen molar-refractivity contribution in [3.05, 3.63) is 18.0 Å². The zero-order valence-electron chi connectivity index (χ0n) is 14.8. The molecule has 1 amide bonds. The van der Waals surface area contributed by atoms with Crippen LogP contribution in [-0.4, -0.2) is 68.9 Å². The molecule has 0 unspecified atom stereocenters. The maximum atomic E-state index is 13.0. The second-order valence-corrected chi connectivity index (χ2v) is 6.96. The lowest BCUT2D eigenvalue weighted by atomic mass is 10.2. The van der Waals surface area contributed by atoms with Gasteiger partial charge in [-0.1, -0.05) is 0 Å². The molecule has 1 saturated heterocycles. The maximum absolute atomic E-state index is 13.0. The number of carbonyl (C=O) groups is 1. The fraction of sp³-hybridized carbons (Fsp3) is 0.625. The Labute approximate surface area is 153 Å². The number of piperazine rings is 1. The Bertz CT molecular complexity index is 840. The second kappa shape index (κ2) is 6.63. The number of amides is 1. The van der Waals surface area contributed by atoms with Crippen molar-refractivity contribution >= 4 is 17.4 Å². The van der Waals surface area contributed by atoms with Crippen molar-refractivity contribution in [1.29, 1.82) is 0 Å². The van der Waals surface area contributed by atoms with E-state index < -0.39 is 12.0 Å². The molecule has 0 aromatic carbocycles. The fourth-order valence-electron chi connectivity index (χ4n) is 3.18. The van der Waals surface area contributed by atoms with Crippen LogP contribution in [0.1, 0.15) is 25.6 Å². The number of hydrogen-bond acceptors (Lipinski definition) is 6. The van der Waals surface area contributed by atoms with Gasteiger partial charge in [0, 0.05) is 32.2 Å². The molecule has 1 N–H and O–H groups in total. The van der Waals surface area contributed by atoms with Crippen molar-refractivity contribution < 1.29 is 18.0 Å². The number of halogens is 3. The van der Waals surface area contributed by atoms with E-state index in [1.807, 2.05) is 11.8 Å². The monoisotopic (exact) mass is 383 g/mol. The molecule has 8 nitrogen and oxygen atoms in total. The molecular weight excluding hydrogens is 363 g/mol. The first-order valence-electron chi connectivity index (χ1n) is 8.92. The van der Waals surface area contributed by atoms with Gasteiger partial charge < -0.3 is 10.2 Å². The van der Waals surface area contributed by atoms with Crippen molar-refractivity contribution in [3.63, 3.8) is 0 Å². The van der Waals surface area contributed by atoms with Crippen molar-refractivity contribution in [2.24, 2.45) is 0 Å². The first-order chi connectivity index (χ1) is 12.8. The second-order valence-electron chi connectivity index (χ2n) is 6.96. The summed E-state index contributed by atoms with van der Waals surface area (Å²) in [7, 11) is 0. The van der Waals surface area contributed by atoms with Gasteiger partial charge in [-0.05, 0) is 31.9 Å². The van der Waals surface area contributed by atoms with Crippen LogP contribution in [0.3, 0.4) is 0 Å². The van der Waals surface area contributed by atoms with E-state index in [-0.39, 0.29) is 17.6 Å². The minimum absolute atomic E-state index is 0.0322. The Kier molecular flexibility index (Phi) is 4.41. The summed E-state index contributed by atoms with van der Waals surface area (Å²) in [5.74, 6) is -0.671. The van der Waals surface area contributed by atoms with Gasteiger partial charge in [-0.2, -0.15) is 17.7 Å². The molecule has 2 aromatic rings. The van der Waals surface area contributed by atoms with Crippen LogP contribution in [0.2, 0.25) is 0 Å². The number of carbonyl (C=O) groups excluding carboxylic acids is 1. The summed E-state index contributed by atoms with van der Waals surface area (Å²) in [6.07, 6.45) is -2.53. The molecule has 1 aliphatic carbocycles. The molecule has 2 aliphatic rings. The lowest BCUT2D eigenvalue weighted by Gasteiger charge is -2.37. The van der Waals surface area contributed by atoms with E-state index in [1.54, 1.807) is 6.07 Å². The summed E-state index contributed by atoms with van der Waals surface area (Å²) in [6.45, 7) is 4.29. The number of fused-ring (bicyclic) bond motifs is 1. The molecule has 1 saturated carbocycles. The van der Waals surface area contributed by atoms with Crippen LogP contribution < -0.4 is 10.2 Å². The summed E-state index contributed by atoms with van der Waals surface area (Å²) >= 11 is 0. The lowest BCUT2D eigenvalue weighted by Crippen LogP contribution is -2.54. The molecule has 27 heavy (non-hydrogen) atoms. The third kappa shape index (κ3) is 3.68. The smallest absolute Gasteiger partial charge is 0.353 e. The summed E-state index contributed by atoms with van der Waals surface area (Å²) in [5.41, 5.74) is 0.0510. The number of anilines is 1. The molecule has 3 heterocycles. The largest absolute Gasteiger partial charge is 0.453 e. The van der Waals surface area contributed by atoms with Crippen LogP contribution >= 0.6 is 0 Å². The molecule has 11 heteroatoms. The topological polar surface area (TPSA) is 78.7 Å². The van der Waals surface area contributed by atoms with Gasteiger partial charge >= 0.3 is 6.18 Å². The molecular formula is C16H20F3N7O. The number of nitrogens with zero attached hydrogens (tertiary/aromatic N) is 6. The Morgan fingerprint density at radius 1 is 1.19 bits per heavy atom. The number of alkyl halides is 3. The predicted octanol–water partition coefficient (Wildman–Crippen LogP) is 0.932. The average molecular weight is 383 g/mol. The van der Waals surface area contributed by atoms with E-state index in [0.717, 1.165) is 17.4 Å². The average Bonchev–Trinajstić information content (AvgIpc) is 3.34. The van der Waals surface area contributed by atoms with Crippen LogP contribution in [0, 0.1) is 0 Å². The molecule has 4 rings (SSSR count). The quantitative estimate of drug-likeness (QED) is 0.847. The highest BCUT2D eigenvalue weighted by Gasteiger charge is 2.38. The first-order valence-corrected chi connectivity index (χ1v) is 8.92. The minimum Gasteiger partial charge on any atom is -0.353 e. The van der Waals surface area contributed by atoms with E-state index in [2.05, 4.69) is 25.5 Å². The van der Waals surface area contributed by atoms with Gasteiger partial charge in [0.05, 0.1) is 6.04 Å². The number of rotatable bonds is 4. The highest BCUT2D eigenvalue weighted by atomic mass is 19.4. The summed E-state index contributed by atoms with van der Waals surface area (Å²) in [6, 6.07) is 3.22. The molecule has 2 fully saturated rings. The van der Waals surface area contributed by atoms with Gasteiger partial charge in [-0.25, -0.2) is 0 Å². The predicted molar refractivity (Wildman–Crippen MR) is 90.2 cm³/mol. The Hall–Kier alpha value is -2.43. The number of hydrogen-bond donors (Lipinski definition) is 1. The van der Waals surface area contributed by atoms with Crippen LogP contribution in [0.4, 0.5) is 19.0 Å². The van der Waals surface area contributed by atoms with Crippen molar-refractivity contribution in [2.45, 2.75) is 38.0 Å². The zero-order chi connectivity index (χ0) is 19.2. The SMILES string of the molecule is C[C@@H](C(=O)NC1CC1)N1CCN(c2ccc3nnc(C(F)(F)F)n3n2)CC1. The molecule has 1 atom stereocenters. The molecule has 0 bridgehead atoms. The lowest BCUT2D eigenvalue weighted by molar-refractivity contribution is -0.146. The van der Waals surface area contributed by atoms with E-state index in [0.29, 0.717) is 38.0 Å². The number of nitrogens with one attached hydrogen (secondary N) is 1. The van der Waals surface area contributed by atoms with Gasteiger partial charge in [0.1, 0.15) is 5.82 Å². The van der Waals surface area contributed by atoms with Gasteiger partial charge in [0.15, 0.2) is 5.65 Å². The first kappa shape index (κ1) is 18.0. The van der Waals surface area contributed by atoms with E-state index in [9.17, 15) is 18.0 Å². The van der Waals surface area contributed by atoms with Crippen LogP contribution in [0.5, 0.6) is 0 Å². The van der Waals surface area contributed by atoms with E-state index >= 15 is 0 Å². The molecule has 2 aromatic heterocycles. The van der Waals surface area contributed by atoms with E-state index in [4.69, 9.17) is 0 Å². The Balaban J connectivity index is 1.44. The van der Waals surface area contributed by atoms with Crippen molar-refractivity contribution in [2.75, 3.05) is 31.1 Å². The third-order valence-corrected chi connectivity index (χ3v) is 4.99. The minimum atomic E-state index is -4.62. The van der Waals surface area contributed by atoms with Crippen molar-refractivity contribution in [3.8, 4) is 0 Å². The normalized spacial score (nSPS) is 20.1. The van der Waals surface area contributed by atoms with Crippen LogP contribution in [0.25, 0.3) is 5.65 Å². The Morgan fingerprint density at radius 2 is 1.89 bits per heavy atom. The summed E-state index contributed by atoms with van der Waals surface area (Å²) in [4.78, 5) is 16.2. The molecule has 0 spiro atoms. The van der Waals surface area contributed by atoms with Gasteiger partial charge in [-0.3, -0.25) is 9.69 Å². The fourth-order valence-corrected chi connectivity index (χ4v) is 3.18.